The van der Waals surface area contributed by atoms with Crippen LogP contribution in [-0.2, 0) is 33.2 Å². The monoisotopic (exact) mass is 581 g/mol. The molecule has 0 saturated carbocycles. The maximum atomic E-state index is 13.4. The van der Waals surface area contributed by atoms with Gasteiger partial charge in [-0.25, -0.2) is 9.59 Å². The highest BCUT2D eigenvalue weighted by atomic mass is 16.7. The van der Waals surface area contributed by atoms with Crippen molar-refractivity contribution in [2.24, 2.45) is 0 Å². The molecule has 2 aromatic rings. The van der Waals surface area contributed by atoms with E-state index in [4.69, 9.17) is 28.4 Å². The number of hydrogen-bond donors (Lipinski definition) is 0. The van der Waals surface area contributed by atoms with Gasteiger partial charge < -0.3 is 28.4 Å². The van der Waals surface area contributed by atoms with Crippen LogP contribution in [0.2, 0.25) is 0 Å². The molecule has 2 fully saturated rings. The summed E-state index contributed by atoms with van der Waals surface area (Å²) in [5.41, 5.74) is 3.88. The standard InChI is InChI=1S/C33H43NO8/c1-33(2,42-30-17-9-11-19-39-30)22-37-21-28(31(35)41-29-16-8-10-18-38-29)34(3)32(36)40-20-27-25-14-6-4-12-23(25)24-13-5-7-15-26(24)27/h4-7,12-15,27-30H,8-11,16-22H2,1-3H3/t28-,29?,30?/m0/s1. The van der Waals surface area contributed by atoms with Crippen molar-refractivity contribution in [2.45, 2.75) is 82.5 Å². The summed E-state index contributed by atoms with van der Waals surface area (Å²) in [5, 5.41) is 0. The molecule has 0 aromatic heterocycles. The van der Waals surface area contributed by atoms with Crippen LogP contribution in [0.5, 0.6) is 0 Å². The number of carbonyl (C=O) groups is 2. The second-order valence-electron chi connectivity index (χ2n) is 11.9. The van der Waals surface area contributed by atoms with Crippen LogP contribution in [0.25, 0.3) is 11.1 Å². The zero-order valence-corrected chi connectivity index (χ0v) is 24.9. The minimum absolute atomic E-state index is 0.0788. The van der Waals surface area contributed by atoms with E-state index in [0.717, 1.165) is 54.4 Å². The van der Waals surface area contributed by atoms with E-state index < -0.39 is 30.0 Å². The molecule has 228 valence electrons. The van der Waals surface area contributed by atoms with E-state index in [0.29, 0.717) is 19.6 Å². The molecule has 9 nitrogen and oxygen atoms in total. The number of nitrogens with zero attached hydrogens (tertiary/aromatic N) is 1. The van der Waals surface area contributed by atoms with Gasteiger partial charge in [0.1, 0.15) is 6.61 Å². The number of benzene rings is 2. The molecule has 3 atom stereocenters. The highest BCUT2D eigenvalue weighted by molar-refractivity contribution is 5.82. The molecule has 2 aromatic carbocycles. The van der Waals surface area contributed by atoms with Crippen LogP contribution in [0.1, 0.15) is 69.4 Å². The van der Waals surface area contributed by atoms with E-state index in [1.165, 1.54) is 11.9 Å². The predicted molar refractivity (Wildman–Crippen MR) is 156 cm³/mol. The van der Waals surface area contributed by atoms with Crippen molar-refractivity contribution in [1.29, 1.82) is 0 Å². The maximum absolute atomic E-state index is 13.4. The minimum atomic E-state index is -1.02. The molecule has 0 bridgehead atoms. The van der Waals surface area contributed by atoms with Crippen molar-refractivity contribution in [3.63, 3.8) is 0 Å². The molecule has 2 heterocycles. The molecule has 1 amide bonds. The summed E-state index contributed by atoms with van der Waals surface area (Å²) < 4.78 is 34.9. The molecule has 2 saturated heterocycles. The lowest BCUT2D eigenvalue weighted by Gasteiger charge is -2.33. The van der Waals surface area contributed by atoms with Crippen LogP contribution >= 0.6 is 0 Å². The number of likely N-dealkylation sites (N-methyl/N-ethyl adjacent to an activating group) is 1. The summed E-state index contributed by atoms with van der Waals surface area (Å²) in [6, 6.07) is 15.3. The van der Waals surface area contributed by atoms with Crippen molar-refractivity contribution in [3.8, 4) is 11.1 Å². The van der Waals surface area contributed by atoms with Gasteiger partial charge in [-0.3, -0.25) is 4.90 Å². The van der Waals surface area contributed by atoms with Gasteiger partial charge >= 0.3 is 12.1 Å². The summed E-state index contributed by atoms with van der Waals surface area (Å²) in [6.45, 7) is 5.33. The van der Waals surface area contributed by atoms with E-state index in [1.54, 1.807) is 0 Å². The van der Waals surface area contributed by atoms with Crippen LogP contribution < -0.4 is 0 Å². The number of fused-ring (bicyclic) bond motifs is 3. The lowest BCUT2D eigenvalue weighted by Crippen LogP contribution is -2.48. The van der Waals surface area contributed by atoms with E-state index >= 15 is 0 Å². The predicted octanol–water partition coefficient (Wildman–Crippen LogP) is 5.64. The first-order valence-corrected chi connectivity index (χ1v) is 15.1. The average molecular weight is 582 g/mol. The number of ether oxygens (including phenoxy) is 6. The first-order valence-electron chi connectivity index (χ1n) is 15.1. The third-order valence-corrected chi connectivity index (χ3v) is 8.06. The van der Waals surface area contributed by atoms with Crippen LogP contribution in [0.15, 0.2) is 48.5 Å². The molecule has 0 N–H and O–H groups in total. The largest absolute Gasteiger partial charge is 0.448 e. The first-order chi connectivity index (χ1) is 20.3. The Balaban J connectivity index is 1.22. The fraction of sp³-hybridized carbons (Fsp3) is 0.576. The van der Waals surface area contributed by atoms with Gasteiger partial charge in [0, 0.05) is 26.0 Å². The van der Waals surface area contributed by atoms with Crippen molar-refractivity contribution < 1.29 is 38.0 Å². The van der Waals surface area contributed by atoms with Crippen molar-refractivity contribution in [3.05, 3.63) is 59.7 Å². The Morgan fingerprint density at radius 1 is 0.905 bits per heavy atom. The van der Waals surface area contributed by atoms with E-state index in [9.17, 15) is 9.59 Å². The smallest absolute Gasteiger partial charge is 0.410 e. The Kier molecular flexibility index (Phi) is 10.2. The van der Waals surface area contributed by atoms with Gasteiger partial charge in [-0.05, 0) is 68.2 Å². The molecule has 0 radical (unpaired) electrons. The van der Waals surface area contributed by atoms with Gasteiger partial charge in [0.25, 0.3) is 0 Å². The zero-order valence-electron chi connectivity index (χ0n) is 24.9. The molecule has 2 unspecified atom stereocenters. The van der Waals surface area contributed by atoms with Crippen molar-refractivity contribution in [2.75, 3.05) is 40.1 Å². The Bertz CT molecular complexity index is 1160. The topological polar surface area (TPSA) is 92.8 Å². The Labute approximate surface area is 248 Å². The lowest BCUT2D eigenvalue weighted by molar-refractivity contribution is -0.228. The number of amides is 1. The highest BCUT2D eigenvalue weighted by Crippen LogP contribution is 2.44. The summed E-state index contributed by atoms with van der Waals surface area (Å²) >= 11 is 0. The van der Waals surface area contributed by atoms with E-state index in [2.05, 4.69) is 24.3 Å². The minimum Gasteiger partial charge on any atom is -0.448 e. The highest BCUT2D eigenvalue weighted by Gasteiger charge is 2.35. The van der Waals surface area contributed by atoms with Crippen molar-refractivity contribution >= 4 is 12.1 Å². The Morgan fingerprint density at radius 3 is 2.10 bits per heavy atom. The summed E-state index contributed by atoms with van der Waals surface area (Å²) in [7, 11) is 1.54. The third kappa shape index (κ3) is 7.50. The molecule has 0 spiro atoms. The Hall–Kier alpha value is -2.98. The van der Waals surface area contributed by atoms with Gasteiger partial charge in [-0.15, -0.1) is 0 Å². The van der Waals surface area contributed by atoms with E-state index in [1.807, 2.05) is 38.1 Å². The second-order valence-corrected chi connectivity index (χ2v) is 11.9. The van der Waals surface area contributed by atoms with Crippen LogP contribution in [0.3, 0.4) is 0 Å². The van der Waals surface area contributed by atoms with Gasteiger partial charge in [0.2, 0.25) is 6.29 Å². The fourth-order valence-electron chi connectivity index (χ4n) is 5.78. The molecule has 3 aliphatic rings. The normalized spacial score (nSPS) is 21.2. The van der Waals surface area contributed by atoms with E-state index in [-0.39, 0.29) is 32.0 Å². The molecular formula is C33H43NO8. The fourth-order valence-corrected chi connectivity index (χ4v) is 5.78. The second kappa shape index (κ2) is 14.0. The summed E-state index contributed by atoms with van der Waals surface area (Å²) in [4.78, 5) is 27.9. The SMILES string of the molecule is CN(C(=O)OCC1c2ccccc2-c2ccccc21)[C@@H](COCC(C)(C)OC1CCCCO1)C(=O)OC1CCCCO1. The summed E-state index contributed by atoms with van der Waals surface area (Å²) in [6.07, 6.45) is 3.87. The van der Waals surface area contributed by atoms with Gasteiger partial charge in [0.05, 0.1) is 25.4 Å². The lowest BCUT2D eigenvalue weighted by atomic mass is 9.98. The molecule has 5 rings (SSSR count). The zero-order chi connectivity index (χ0) is 29.5. The molecule has 42 heavy (non-hydrogen) atoms. The number of rotatable bonds is 11. The van der Waals surface area contributed by atoms with Crippen LogP contribution in [-0.4, -0.2) is 81.3 Å². The quantitative estimate of drug-likeness (QED) is 0.315. The van der Waals surface area contributed by atoms with Crippen LogP contribution in [0.4, 0.5) is 4.79 Å². The summed E-state index contributed by atoms with van der Waals surface area (Å²) in [5.74, 6) is -0.681. The molecule has 2 aliphatic heterocycles. The van der Waals surface area contributed by atoms with Crippen LogP contribution in [0, 0.1) is 0 Å². The Morgan fingerprint density at radius 2 is 1.50 bits per heavy atom. The number of esters is 1. The van der Waals surface area contributed by atoms with Gasteiger partial charge in [0.15, 0.2) is 12.3 Å². The molecule has 1 aliphatic carbocycles. The van der Waals surface area contributed by atoms with Crippen molar-refractivity contribution in [1.82, 2.24) is 4.90 Å². The maximum Gasteiger partial charge on any atom is 0.410 e. The molecular weight excluding hydrogens is 538 g/mol. The average Bonchev–Trinajstić information content (AvgIpc) is 3.32. The van der Waals surface area contributed by atoms with Gasteiger partial charge in [-0.2, -0.15) is 0 Å². The number of carbonyl (C=O) groups excluding carboxylic acids is 2. The first kappa shape index (κ1) is 30.5. The number of hydrogen-bond acceptors (Lipinski definition) is 8. The van der Waals surface area contributed by atoms with Gasteiger partial charge in [-0.1, -0.05) is 48.5 Å². The third-order valence-electron chi connectivity index (χ3n) is 8.06. The molecule has 9 heteroatoms.